The van der Waals surface area contributed by atoms with Gasteiger partial charge in [0.1, 0.15) is 5.56 Å². The van der Waals surface area contributed by atoms with Gasteiger partial charge in [0, 0.05) is 31.5 Å². The number of nitrogens with zero attached hydrogens (tertiary/aromatic N) is 3. The van der Waals surface area contributed by atoms with Gasteiger partial charge in [0.05, 0.1) is 27.6 Å². The quantitative estimate of drug-likeness (QED) is 0.0691. The van der Waals surface area contributed by atoms with Crippen molar-refractivity contribution in [1.82, 2.24) is 4.57 Å². The zero-order chi connectivity index (χ0) is 33.6. The van der Waals surface area contributed by atoms with Gasteiger partial charge in [-0.25, -0.2) is 4.79 Å². The monoisotopic (exact) mass is 637 g/mol. The van der Waals surface area contributed by atoms with Gasteiger partial charge in [-0.05, 0) is 37.3 Å². The van der Waals surface area contributed by atoms with Crippen LogP contribution in [0.2, 0.25) is 0 Å². The number of halogens is 3. The molecule has 0 aliphatic rings. The van der Waals surface area contributed by atoms with Crippen LogP contribution in [0.25, 0.3) is 16.6 Å². The third kappa shape index (κ3) is 8.51. The lowest BCUT2D eigenvalue weighted by Gasteiger charge is -2.23. The first-order chi connectivity index (χ1) is 21.0. The molecule has 0 unspecified atom stereocenters. The van der Waals surface area contributed by atoms with E-state index in [0.29, 0.717) is 16.6 Å². The molecule has 0 fully saturated rings. The molecule has 4 aromatic rings. The molecule has 14 heteroatoms. The van der Waals surface area contributed by atoms with Gasteiger partial charge >= 0.3 is 23.1 Å². The Kier molecular flexibility index (Phi) is 14.9. The maximum Gasteiger partial charge on any atom is 0.420 e. The number of rotatable bonds is 6. The molecular formula is C30H34F3N3O7S. The number of nitro groups is 1. The van der Waals surface area contributed by atoms with E-state index >= 15 is 0 Å². The van der Waals surface area contributed by atoms with Crippen LogP contribution in [0.1, 0.15) is 49.9 Å². The summed E-state index contributed by atoms with van der Waals surface area (Å²) in [4.78, 5) is 47.0. The number of amides is 1. The van der Waals surface area contributed by atoms with E-state index in [4.69, 9.17) is 4.74 Å². The molecule has 0 N–H and O–H groups in total. The van der Waals surface area contributed by atoms with Crippen LogP contribution in [0.5, 0.6) is 0 Å². The van der Waals surface area contributed by atoms with Gasteiger partial charge in [-0.15, -0.1) is 0 Å². The Morgan fingerprint density at radius 2 is 1.64 bits per heavy atom. The van der Waals surface area contributed by atoms with Crippen molar-refractivity contribution < 1.29 is 42.0 Å². The number of carbonyl (C=O) groups excluding carboxylic acids is 3. The number of para-hydroxylation sites is 1. The van der Waals surface area contributed by atoms with Crippen LogP contribution < -0.4 is 4.90 Å². The first kappa shape index (κ1) is 37.5. The molecule has 0 aliphatic carbocycles. The van der Waals surface area contributed by atoms with E-state index in [0.717, 1.165) is 0 Å². The fraction of sp³-hybridized carbons (Fsp3) is 0.300. The molecule has 0 spiro atoms. The predicted octanol–water partition coefficient (Wildman–Crippen LogP) is 7.97. The van der Waals surface area contributed by atoms with E-state index in [9.17, 15) is 37.7 Å². The Morgan fingerprint density at radius 3 is 2.14 bits per heavy atom. The number of hydrogen-bond acceptors (Lipinski definition) is 8. The molecule has 1 amide bonds. The summed E-state index contributed by atoms with van der Waals surface area (Å²) in [6, 6.07) is 14.7. The minimum absolute atomic E-state index is 0.0465. The first-order valence-electron chi connectivity index (χ1n) is 13.4. The highest BCUT2D eigenvalue weighted by Crippen LogP contribution is 2.51. The summed E-state index contributed by atoms with van der Waals surface area (Å²) in [5.41, 5.74) is -2.08. The van der Waals surface area contributed by atoms with Crippen molar-refractivity contribution in [2.45, 2.75) is 40.8 Å². The summed E-state index contributed by atoms with van der Waals surface area (Å²) in [6.07, 6.45) is -3.75. The molecular weight excluding hydrogens is 603 g/mol. The minimum atomic E-state index is -5.27. The molecule has 0 atom stereocenters. The second-order valence-corrected chi connectivity index (χ2v) is 8.93. The predicted molar refractivity (Wildman–Crippen MR) is 164 cm³/mol. The molecule has 0 radical (unpaired) electrons. The molecule has 2 aromatic heterocycles. The molecule has 2 heterocycles. The van der Waals surface area contributed by atoms with Crippen molar-refractivity contribution in [2.24, 2.45) is 0 Å². The van der Waals surface area contributed by atoms with Gasteiger partial charge in [-0.2, -0.15) is 13.2 Å². The Bertz CT molecular complexity index is 1550. The molecule has 0 aliphatic heterocycles. The van der Waals surface area contributed by atoms with E-state index < -0.39 is 44.1 Å². The highest BCUT2D eigenvalue weighted by atomic mass is 32.1. The molecule has 238 valence electrons. The summed E-state index contributed by atoms with van der Waals surface area (Å²) in [5, 5.41) is 11.3. The lowest BCUT2D eigenvalue weighted by molar-refractivity contribution is -0.379. The van der Waals surface area contributed by atoms with Crippen molar-refractivity contribution in [1.29, 1.82) is 0 Å². The number of anilines is 2. The van der Waals surface area contributed by atoms with Gasteiger partial charge in [-0.3, -0.25) is 24.6 Å². The Balaban J connectivity index is 0.00000128. The fourth-order valence-corrected chi connectivity index (χ4v) is 4.75. The Hall–Kier alpha value is -4.56. The number of ether oxygens (including phenoxy) is 2. The number of esters is 1. The number of aldehydes is 1. The topological polar surface area (TPSA) is 121 Å². The number of fused-ring (bicyclic) bond motifs is 1. The van der Waals surface area contributed by atoms with Crippen LogP contribution in [-0.2, 0) is 25.2 Å². The molecule has 0 saturated carbocycles. The smallest absolute Gasteiger partial charge is 0.420 e. The number of alkyl halides is 3. The zero-order valence-electron chi connectivity index (χ0n) is 25.3. The van der Waals surface area contributed by atoms with Gasteiger partial charge in [-0.1, -0.05) is 63.3 Å². The summed E-state index contributed by atoms with van der Waals surface area (Å²) >= 11 is -0.0465. The SMILES string of the molecule is CC.CC.CCOC(=O)C(=O)N(c1ccc2ccn(-c3ccccc3)c2c1)c1c([N+](=O)[O-])sc(C=O)c1C(F)(F)F.COC. The number of thiophene rings is 1. The van der Waals surface area contributed by atoms with E-state index in [1.54, 1.807) is 61.4 Å². The second-order valence-electron chi connectivity index (χ2n) is 7.90. The Morgan fingerprint density at radius 1 is 1.05 bits per heavy atom. The van der Waals surface area contributed by atoms with Crippen molar-refractivity contribution in [3.8, 4) is 5.69 Å². The van der Waals surface area contributed by atoms with E-state index in [1.807, 2.05) is 27.7 Å². The molecule has 4 rings (SSSR count). The highest BCUT2D eigenvalue weighted by molar-refractivity contribution is 7.17. The highest BCUT2D eigenvalue weighted by Gasteiger charge is 2.47. The third-order valence-electron chi connectivity index (χ3n) is 5.29. The van der Waals surface area contributed by atoms with Gasteiger partial charge in [0.25, 0.3) is 0 Å². The van der Waals surface area contributed by atoms with E-state index in [2.05, 4.69) is 4.74 Å². The van der Waals surface area contributed by atoms with Crippen LogP contribution in [-0.4, -0.2) is 48.5 Å². The van der Waals surface area contributed by atoms with E-state index in [1.165, 1.54) is 25.1 Å². The zero-order valence-corrected chi connectivity index (χ0v) is 26.1. The normalized spacial score (nSPS) is 10.2. The van der Waals surface area contributed by atoms with Crippen molar-refractivity contribution in [3.05, 3.63) is 81.3 Å². The summed E-state index contributed by atoms with van der Waals surface area (Å²) in [6.45, 7) is 9.11. The summed E-state index contributed by atoms with van der Waals surface area (Å²) in [7, 11) is 3.25. The van der Waals surface area contributed by atoms with Gasteiger partial charge in [0.2, 0.25) is 0 Å². The maximum atomic E-state index is 14.1. The average Bonchev–Trinajstić information content (AvgIpc) is 3.62. The van der Waals surface area contributed by atoms with Crippen LogP contribution in [0, 0.1) is 10.1 Å². The number of benzene rings is 2. The first-order valence-corrected chi connectivity index (χ1v) is 14.2. The number of hydrogen-bond donors (Lipinski definition) is 0. The van der Waals surface area contributed by atoms with Gasteiger partial charge in [0.15, 0.2) is 12.0 Å². The average molecular weight is 638 g/mol. The fourth-order valence-electron chi connectivity index (χ4n) is 3.82. The molecule has 2 aromatic carbocycles. The largest absolute Gasteiger partial charge is 0.459 e. The van der Waals surface area contributed by atoms with Crippen molar-refractivity contribution in [2.75, 3.05) is 25.7 Å². The third-order valence-corrected chi connectivity index (χ3v) is 6.35. The molecule has 0 saturated heterocycles. The molecule has 10 nitrogen and oxygen atoms in total. The number of aromatic nitrogens is 1. The summed E-state index contributed by atoms with van der Waals surface area (Å²) < 4.78 is 53.0. The second kappa shape index (κ2) is 17.5. The van der Waals surface area contributed by atoms with Crippen LogP contribution in [0.3, 0.4) is 0 Å². The number of carbonyl (C=O) groups is 3. The lowest BCUT2D eigenvalue weighted by atomic mass is 10.1. The Labute approximate surface area is 256 Å². The minimum Gasteiger partial charge on any atom is -0.459 e. The van der Waals surface area contributed by atoms with Gasteiger partial charge < -0.3 is 14.0 Å². The van der Waals surface area contributed by atoms with Crippen LogP contribution >= 0.6 is 11.3 Å². The molecule has 44 heavy (non-hydrogen) atoms. The maximum absolute atomic E-state index is 14.1. The van der Waals surface area contributed by atoms with Crippen molar-refractivity contribution >= 4 is 56.8 Å². The standard InChI is InChI=1S/C24H16F3N3O6S.C2H6O.2C2H6/c1-2-36-23(33)21(32)29(20-19(24(25,26)27)18(13-31)37-22(20)30(34)35)16-9-8-14-10-11-28(17(14)12-16)15-6-4-3-5-7-15;1-3-2;2*1-2/h3-13H,2H2,1H3;1-2H3;2*1-2H3. The van der Waals surface area contributed by atoms with Crippen LogP contribution in [0.4, 0.5) is 29.5 Å². The number of methoxy groups -OCH3 is 1. The van der Waals surface area contributed by atoms with E-state index in [-0.39, 0.29) is 34.8 Å². The molecule has 0 bridgehead atoms. The van der Waals surface area contributed by atoms with Crippen LogP contribution in [0.15, 0.2) is 60.8 Å². The van der Waals surface area contributed by atoms with Crippen molar-refractivity contribution in [3.63, 3.8) is 0 Å². The lowest BCUT2D eigenvalue weighted by Crippen LogP contribution is -2.35. The summed E-state index contributed by atoms with van der Waals surface area (Å²) in [5.74, 6) is -3.12.